The zero-order valence-corrected chi connectivity index (χ0v) is 10.7. The van der Waals surface area contributed by atoms with E-state index in [1.165, 1.54) is 0 Å². The number of likely N-dealkylation sites (N-methyl/N-ethyl adjacent to an activating group) is 1. The number of nitrogens with two attached hydrogens (primary N) is 1. The molecule has 2 aromatic rings. The lowest BCUT2D eigenvalue weighted by molar-refractivity contribution is 0.413. The Morgan fingerprint density at radius 1 is 1.33 bits per heavy atom. The Labute approximate surface area is 107 Å². The molecule has 1 aromatic heterocycles. The molecule has 0 aliphatic heterocycles. The van der Waals surface area contributed by atoms with Gasteiger partial charge in [-0.3, -0.25) is 0 Å². The van der Waals surface area contributed by atoms with E-state index in [9.17, 15) is 0 Å². The summed E-state index contributed by atoms with van der Waals surface area (Å²) in [6.07, 6.45) is 3.39. The molecule has 0 saturated carbocycles. The van der Waals surface area contributed by atoms with E-state index in [1.807, 2.05) is 37.4 Å². The van der Waals surface area contributed by atoms with Crippen LogP contribution in [0.3, 0.4) is 0 Å². The van der Waals surface area contributed by atoms with Crippen LogP contribution in [0, 0.1) is 0 Å². The van der Waals surface area contributed by atoms with Crippen molar-refractivity contribution in [3.05, 3.63) is 48.4 Å². The van der Waals surface area contributed by atoms with Crippen molar-refractivity contribution in [3.63, 3.8) is 0 Å². The standard InChI is InChI=1S/C14H18N2O2/c1-16(12-5-3-4-6-14(12)17-2)13(9-15)11-7-8-18-10-11/h3-8,10,13H,9,15H2,1-2H3. The summed E-state index contributed by atoms with van der Waals surface area (Å²) in [5.41, 5.74) is 7.94. The van der Waals surface area contributed by atoms with Gasteiger partial charge in [-0.2, -0.15) is 0 Å². The number of ether oxygens (including phenoxy) is 1. The van der Waals surface area contributed by atoms with Crippen LogP contribution in [-0.4, -0.2) is 20.7 Å². The summed E-state index contributed by atoms with van der Waals surface area (Å²) in [4.78, 5) is 2.10. The highest BCUT2D eigenvalue weighted by atomic mass is 16.5. The molecule has 4 nitrogen and oxygen atoms in total. The first-order valence-corrected chi connectivity index (χ1v) is 5.86. The van der Waals surface area contributed by atoms with Crippen LogP contribution in [-0.2, 0) is 0 Å². The molecule has 96 valence electrons. The fraction of sp³-hybridized carbons (Fsp3) is 0.286. The van der Waals surface area contributed by atoms with Crippen LogP contribution in [0.15, 0.2) is 47.3 Å². The van der Waals surface area contributed by atoms with Gasteiger partial charge < -0.3 is 19.8 Å². The molecular weight excluding hydrogens is 228 g/mol. The minimum atomic E-state index is 0.0695. The number of hydrogen-bond acceptors (Lipinski definition) is 4. The van der Waals surface area contributed by atoms with Gasteiger partial charge in [0, 0.05) is 19.2 Å². The quantitative estimate of drug-likeness (QED) is 0.880. The average molecular weight is 246 g/mol. The second-order valence-corrected chi connectivity index (χ2v) is 4.09. The van der Waals surface area contributed by atoms with Gasteiger partial charge in [0.05, 0.1) is 31.4 Å². The molecule has 18 heavy (non-hydrogen) atoms. The minimum Gasteiger partial charge on any atom is -0.495 e. The monoisotopic (exact) mass is 246 g/mol. The molecule has 0 radical (unpaired) electrons. The Balaban J connectivity index is 2.31. The maximum Gasteiger partial charge on any atom is 0.142 e. The molecule has 1 unspecified atom stereocenters. The van der Waals surface area contributed by atoms with Crippen LogP contribution < -0.4 is 15.4 Å². The smallest absolute Gasteiger partial charge is 0.142 e. The first-order chi connectivity index (χ1) is 8.77. The van der Waals surface area contributed by atoms with Crippen LogP contribution >= 0.6 is 0 Å². The molecule has 4 heteroatoms. The number of methoxy groups -OCH3 is 1. The molecule has 0 amide bonds. The maximum absolute atomic E-state index is 5.87. The molecule has 1 heterocycles. The number of rotatable bonds is 5. The van der Waals surface area contributed by atoms with E-state index >= 15 is 0 Å². The molecule has 0 aliphatic carbocycles. The second kappa shape index (κ2) is 5.60. The van der Waals surface area contributed by atoms with Gasteiger partial charge in [0.1, 0.15) is 5.75 Å². The SMILES string of the molecule is COc1ccccc1N(C)C(CN)c1ccoc1. The average Bonchev–Trinajstić information content (AvgIpc) is 2.93. The van der Waals surface area contributed by atoms with Gasteiger partial charge >= 0.3 is 0 Å². The summed E-state index contributed by atoms with van der Waals surface area (Å²) < 4.78 is 10.5. The zero-order valence-electron chi connectivity index (χ0n) is 10.7. The zero-order chi connectivity index (χ0) is 13.0. The second-order valence-electron chi connectivity index (χ2n) is 4.09. The van der Waals surface area contributed by atoms with Crippen LogP contribution in [0.5, 0.6) is 5.75 Å². The van der Waals surface area contributed by atoms with Gasteiger partial charge in [0.2, 0.25) is 0 Å². The molecular formula is C14H18N2O2. The van der Waals surface area contributed by atoms with Gasteiger partial charge in [-0.05, 0) is 18.2 Å². The molecule has 1 aromatic carbocycles. The van der Waals surface area contributed by atoms with Crippen LogP contribution in [0.25, 0.3) is 0 Å². The topological polar surface area (TPSA) is 51.6 Å². The van der Waals surface area contributed by atoms with Crippen LogP contribution in [0.4, 0.5) is 5.69 Å². The normalized spacial score (nSPS) is 12.2. The number of benzene rings is 1. The summed E-state index contributed by atoms with van der Waals surface area (Å²) in [7, 11) is 3.67. The number of hydrogen-bond donors (Lipinski definition) is 1. The highest BCUT2D eigenvalue weighted by Crippen LogP contribution is 2.32. The summed E-state index contributed by atoms with van der Waals surface area (Å²) in [5, 5.41) is 0. The first kappa shape index (κ1) is 12.5. The van der Waals surface area contributed by atoms with Gasteiger partial charge in [0.25, 0.3) is 0 Å². The van der Waals surface area contributed by atoms with Crippen molar-refractivity contribution < 1.29 is 9.15 Å². The first-order valence-electron chi connectivity index (χ1n) is 5.86. The Morgan fingerprint density at radius 3 is 2.72 bits per heavy atom. The highest BCUT2D eigenvalue weighted by Gasteiger charge is 2.19. The molecule has 0 aliphatic rings. The number of furan rings is 1. The van der Waals surface area contributed by atoms with Crippen LogP contribution in [0.1, 0.15) is 11.6 Å². The lowest BCUT2D eigenvalue weighted by atomic mass is 10.1. The maximum atomic E-state index is 5.87. The summed E-state index contributed by atoms with van der Waals surface area (Å²) in [6, 6.07) is 9.89. The van der Waals surface area contributed by atoms with Crippen molar-refractivity contribution >= 4 is 5.69 Å². The molecule has 2 rings (SSSR count). The van der Waals surface area contributed by atoms with Gasteiger partial charge in [-0.15, -0.1) is 0 Å². The molecule has 2 N–H and O–H groups in total. The summed E-state index contributed by atoms with van der Waals surface area (Å²) in [5.74, 6) is 0.835. The fourth-order valence-electron chi connectivity index (χ4n) is 2.07. The van der Waals surface area contributed by atoms with E-state index in [0.29, 0.717) is 6.54 Å². The number of para-hydroxylation sites is 2. The van der Waals surface area contributed by atoms with E-state index in [0.717, 1.165) is 17.0 Å². The number of anilines is 1. The van der Waals surface area contributed by atoms with Crippen molar-refractivity contribution in [2.24, 2.45) is 5.73 Å². The largest absolute Gasteiger partial charge is 0.495 e. The Bertz CT molecular complexity index is 482. The summed E-state index contributed by atoms with van der Waals surface area (Å²) >= 11 is 0. The molecule has 0 bridgehead atoms. The Morgan fingerprint density at radius 2 is 2.11 bits per heavy atom. The van der Waals surface area contributed by atoms with Gasteiger partial charge in [-0.25, -0.2) is 0 Å². The Kier molecular flexibility index (Phi) is 3.89. The van der Waals surface area contributed by atoms with E-state index in [-0.39, 0.29) is 6.04 Å². The minimum absolute atomic E-state index is 0.0695. The van der Waals surface area contributed by atoms with E-state index in [2.05, 4.69) is 4.90 Å². The third kappa shape index (κ3) is 2.33. The van der Waals surface area contributed by atoms with Crippen molar-refractivity contribution in [2.75, 3.05) is 25.6 Å². The predicted octanol–water partition coefficient (Wildman–Crippen LogP) is 2.42. The third-order valence-electron chi connectivity index (χ3n) is 3.08. The van der Waals surface area contributed by atoms with E-state index < -0.39 is 0 Å². The van der Waals surface area contributed by atoms with Gasteiger partial charge in [0.15, 0.2) is 0 Å². The lowest BCUT2D eigenvalue weighted by Crippen LogP contribution is -2.30. The lowest BCUT2D eigenvalue weighted by Gasteiger charge is -2.29. The Hall–Kier alpha value is -1.94. The van der Waals surface area contributed by atoms with Crippen molar-refractivity contribution in [1.82, 2.24) is 0 Å². The third-order valence-corrected chi connectivity index (χ3v) is 3.08. The van der Waals surface area contributed by atoms with Crippen molar-refractivity contribution in [1.29, 1.82) is 0 Å². The van der Waals surface area contributed by atoms with Crippen LogP contribution in [0.2, 0.25) is 0 Å². The highest BCUT2D eigenvalue weighted by molar-refractivity contribution is 5.59. The summed E-state index contributed by atoms with van der Waals surface area (Å²) in [6.45, 7) is 0.508. The molecule has 0 fully saturated rings. The predicted molar refractivity (Wildman–Crippen MR) is 71.9 cm³/mol. The van der Waals surface area contributed by atoms with Crippen molar-refractivity contribution in [3.8, 4) is 5.75 Å². The fourth-order valence-corrected chi connectivity index (χ4v) is 2.07. The number of nitrogens with zero attached hydrogens (tertiary/aromatic N) is 1. The van der Waals surface area contributed by atoms with Crippen molar-refractivity contribution in [2.45, 2.75) is 6.04 Å². The van der Waals surface area contributed by atoms with Gasteiger partial charge in [-0.1, -0.05) is 12.1 Å². The van der Waals surface area contributed by atoms with E-state index in [1.54, 1.807) is 19.6 Å². The van der Waals surface area contributed by atoms with E-state index in [4.69, 9.17) is 14.9 Å². The molecule has 1 atom stereocenters. The molecule has 0 spiro atoms. The molecule has 0 saturated heterocycles.